The summed E-state index contributed by atoms with van der Waals surface area (Å²) < 4.78 is 34.2. The third-order valence-electron chi connectivity index (χ3n) is 6.81. The number of carbonyl (C=O) groups is 1. The normalized spacial score (nSPS) is 14.7. The van der Waals surface area contributed by atoms with Crippen molar-refractivity contribution in [3.8, 4) is 5.75 Å². The molecule has 0 aliphatic heterocycles. The molecule has 3 aromatic rings. The van der Waals surface area contributed by atoms with Crippen LogP contribution in [0.4, 0.5) is 0 Å². The zero-order valence-corrected chi connectivity index (χ0v) is 22.1. The number of hydrogen-bond acceptors (Lipinski definition) is 5. The smallest absolute Gasteiger partial charge is 0.254 e. The number of aromatic nitrogens is 2. The highest BCUT2D eigenvalue weighted by Gasteiger charge is 2.30. The molecule has 0 N–H and O–H groups in total. The molecule has 36 heavy (non-hydrogen) atoms. The second-order valence-electron chi connectivity index (χ2n) is 9.69. The Balaban J connectivity index is 1.69. The number of carbonyl (C=O) groups excluding carboxylic acids is 1. The number of imidazole rings is 1. The fraction of sp³-hybridized carbons (Fsp3) is 0.429. The van der Waals surface area contributed by atoms with Gasteiger partial charge in [0.15, 0.2) is 0 Å². The molecule has 4 rings (SSSR count). The maximum absolute atomic E-state index is 13.5. The van der Waals surface area contributed by atoms with Crippen LogP contribution < -0.4 is 4.74 Å². The molecule has 0 bridgehead atoms. The zero-order chi connectivity index (χ0) is 25.7. The van der Waals surface area contributed by atoms with Crippen LogP contribution in [0, 0.1) is 0 Å². The Morgan fingerprint density at radius 3 is 2.33 bits per heavy atom. The minimum atomic E-state index is -3.67. The molecule has 1 amide bonds. The first-order valence-electron chi connectivity index (χ1n) is 12.6. The summed E-state index contributed by atoms with van der Waals surface area (Å²) in [5.74, 6) is 0.472. The van der Waals surface area contributed by atoms with Gasteiger partial charge in [0.1, 0.15) is 5.75 Å². The van der Waals surface area contributed by atoms with Gasteiger partial charge >= 0.3 is 0 Å². The number of methoxy groups -OCH3 is 1. The summed E-state index contributed by atoms with van der Waals surface area (Å²) in [4.78, 5) is 19.7. The highest BCUT2D eigenvalue weighted by molar-refractivity contribution is 7.90. The van der Waals surface area contributed by atoms with E-state index in [-0.39, 0.29) is 35.4 Å². The van der Waals surface area contributed by atoms with E-state index in [4.69, 9.17) is 4.74 Å². The Hall–Kier alpha value is -3.13. The van der Waals surface area contributed by atoms with E-state index < -0.39 is 9.84 Å². The Labute approximate surface area is 214 Å². The van der Waals surface area contributed by atoms with E-state index in [9.17, 15) is 13.2 Å². The summed E-state index contributed by atoms with van der Waals surface area (Å²) in [7, 11) is -2.08. The first-order chi connectivity index (χ1) is 17.3. The van der Waals surface area contributed by atoms with Gasteiger partial charge in [-0.25, -0.2) is 13.4 Å². The lowest BCUT2D eigenvalue weighted by Crippen LogP contribution is -2.37. The van der Waals surface area contributed by atoms with Gasteiger partial charge in [0.05, 0.1) is 31.3 Å². The van der Waals surface area contributed by atoms with Crippen LogP contribution in [0.3, 0.4) is 0 Å². The van der Waals surface area contributed by atoms with Crippen molar-refractivity contribution in [3.05, 3.63) is 77.6 Å². The van der Waals surface area contributed by atoms with Crippen LogP contribution in [0.25, 0.3) is 0 Å². The zero-order valence-electron chi connectivity index (χ0n) is 21.3. The average molecular weight is 510 g/mol. The van der Waals surface area contributed by atoms with Crippen LogP contribution in [0.15, 0.2) is 66.0 Å². The van der Waals surface area contributed by atoms with Gasteiger partial charge in [0.25, 0.3) is 5.91 Å². The van der Waals surface area contributed by atoms with E-state index in [0.717, 1.165) is 43.4 Å². The molecule has 1 saturated carbocycles. The molecule has 0 unspecified atom stereocenters. The molecule has 0 saturated heterocycles. The van der Waals surface area contributed by atoms with E-state index in [1.54, 1.807) is 42.5 Å². The number of ether oxygens (including phenoxy) is 1. The lowest BCUT2D eigenvalue weighted by atomic mass is 9.95. The molecule has 0 radical (unpaired) electrons. The molecular weight excluding hydrogens is 474 g/mol. The average Bonchev–Trinajstić information content (AvgIpc) is 3.32. The molecule has 1 aromatic heterocycles. The topological polar surface area (TPSA) is 81.5 Å². The minimum absolute atomic E-state index is 0.0573. The molecule has 1 heterocycles. The number of hydrogen-bond donors (Lipinski definition) is 0. The molecular formula is C28H35N3O4S. The van der Waals surface area contributed by atoms with Crippen LogP contribution in [0.5, 0.6) is 5.75 Å². The number of amides is 1. The lowest BCUT2D eigenvalue weighted by molar-refractivity contribution is 0.0683. The van der Waals surface area contributed by atoms with Crippen LogP contribution in [0.1, 0.15) is 73.6 Å². The van der Waals surface area contributed by atoms with E-state index in [1.807, 2.05) is 48.7 Å². The summed E-state index contributed by atoms with van der Waals surface area (Å²) in [6.45, 7) is 4.22. The number of sulfone groups is 1. The molecule has 1 aliphatic carbocycles. The summed E-state index contributed by atoms with van der Waals surface area (Å²) in [5, 5.41) is 0.105. The highest BCUT2D eigenvalue weighted by atomic mass is 32.2. The minimum Gasteiger partial charge on any atom is -0.497 e. The first kappa shape index (κ1) is 25.9. The van der Waals surface area contributed by atoms with Gasteiger partial charge in [-0.15, -0.1) is 0 Å². The number of rotatable bonds is 9. The van der Waals surface area contributed by atoms with Crippen molar-refractivity contribution in [2.24, 2.45) is 0 Å². The maximum Gasteiger partial charge on any atom is 0.254 e. The van der Waals surface area contributed by atoms with Crippen LogP contribution in [-0.4, -0.2) is 41.9 Å². The summed E-state index contributed by atoms with van der Waals surface area (Å²) in [6, 6.07) is 16.2. The summed E-state index contributed by atoms with van der Waals surface area (Å²) >= 11 is 0. The third-order valence-corrected chi connectivity index (χ3v) is 8.38. The van der Waals surface area contributed by atoms with Crippen molar-refractivity contribution in [1.82, 2.24) is 14.5 Å². The molecule has 1 aliphatic rings. The lowest BCUT2D eigenvalue weighted by Gasteiger charge is -2.30. The van der Waals surface area contributed by atoms with Gasteiger partial charge in [-0.05, 0) is 56.5 Å². The molecule has 2 aromatic carbocycles. The first-order valence-corrected chi connectivity index (χ1v) is 14.2. The molecule has 8 heteroatoms. The highest BCUT2D eigenvalue weighted by Crippen LogP contribution is 2.33. The Morgan fingerprint density at radius 2 is 1.72 bits per heavy atom. The van der Waals surface area contributed by atoms with Crippen molar-refractivity contribution >= 4 is 15.7 Å². The van der Waals surface area contributed by atoms with Gasteiger partial charge in [0.2, 0.25) is 15.0 Å². The monoisotopic (exact) mass is 509 g/mol. The Kier molecular flexibility index (Phi) is 8.14. The van der Waals surface area contributed by atoms with Crippen LogP contribution in [-0.2, 0) is 22.1 Å². The molecule has 7 nitrogen and oxygen atoms in total. The van der Waals surface area contributed by atoms with Crippen molar-refractivity contribution < 1.29 is 17.9 Å². The van der Waals surface area contributed by atoms with Crippen molar-refractivity contribution in [1.29, 1.82) is 0 Å². The maximum atomic E-state index is 13.5. The fourth-order valence-electron chi connectivity index (χ4n) is 4.88. The Morgan fingerprint density at radius 1 is 1.06 bits per heavy atom. The van der Waals surface area contributed by atoms with Gasteiger partial charge in [-0.2, -0.15) is 0 Å². The van der Waals surface area contributed by atoms with Gasteiger partial charge < -0.3 is 14.2 Å². The largest absolute Gasteiger partial charge is 0.497 e. The molecule has 1 fully saturated rings. The standard InChI is InChI=1S/C28H35N3O4S/c1-21(2)30(27(32)23-14-16-26(35-3)17-15-23)19-25-18-29-28(31(25)24-12-8-5-9-13-24)36(33,34)20-22-10-6-4-7-11-22/h4,6-7,10-11,14-18,21,24H,5,8-9,12-13,19-20H2,1-3H3. The summed E-state index contributed by atoms with van der Waals surface area (Å²) in [6.07, 6.45) is 6.72. The van der Waals surface area contributed by atoms with Gasteiger partial charge in [-0.1, -0.05) is 49.6 Å². The quantitative estimate of drug-likeness (QED) is 0.385. The van der Waals surface area contributed by atoms with Gasteiger partial charge in [-0.3, -0.25) is 4.79 Å². The van der Waals surface area contributed by atoms with Crippen LogP contribution in [0.2, 0.25) is 0 Å². The Bertz CT molecular complexity index is 1260. The van der Waals surface area contributed by atoms with Crippen LogP contribution >= 0.6 is 0 Å². The second kappa shape index (κ2) is 11.3. The molecule has 0 atom stereocenters. The third kappa shape index (κ3) is 5.81. The van der Waals surface area contributed by atoms with Crippen molar-refractivity contribution in [2.75, 3.05) is 7.11 Å². The van der Waals surface area contributed by atoms with Gasteiger partial charge in [0, 0.05) is 17.6 Å². The predicted molar refractivity (Wildman–Crippen MR) is 140 cm³/mol. The fourth-order valence-corrected chi connectivity index (χ4v) is 6.41. The molecule has 192 valence electrons. The van der Waals surface area contributed by atoms with E-state index >= 15 is 0 Å². The number of benzene rings is 2. The van der Waals surface area contributed by atoms with E-state index in [0.29, 0.717) is 11.3 Å². The SMILES string of the molecule is COc1ccc(C(=O)N(Cc2cnc(S(=O)(=O)Cc3ccccc3)n2C2CCCCC2)C(C)C)cc1. The second-order valence-corrected chi connectivity index (χ2v) is 11.6. The number of nitrogens with zero attached hydrogens (tertiary/aromatic N) is 3. The van der Waals surface area contributed by atoms with E-state index in [2.05, 4.69) is 4.98 Å². The van der Waals surface area contributed by atoms with Crippen molar-refractivity contribution in [3.63, 3.8) is 0 Å². The van der Waals surface area contributed by atoms with Crippen molar-refractivity contribution in [2.45, 2.75) is 75.5 Å². The predicted octanol–water partition coefficient (Wildman–Crippen LogP) is 5.42. The van der Waals surface area contributed by atoms with E-state index in [1.165, 1.54) is 0 Å². The molecule has 0 spiro atoms. The summed E-state index contributed by atoms with van der Waals surface area (Å²) in [5.41, 5.74) is 2.05.